The van der Waals surface area contributed by atoms with Gasteiger partial charge in [-0.05, 0) is 39.9 Å². The van der Waals surface area contributed by atoms with Crippen molar-refractivity contribution in [3.8, 4) is 0 Å². The van der Waals surface area contributed by atoms with Crippen LogP contribution < -0.4 is 58.0 Å². The van der Waals surface area contributed by atoms with E-state index in [1.807, 2.05) is 0 Å². The SMILES string of the molecule is CC(C)c1cccc([Si](c2cccc(C(C)C)c2)(c2cccc(C(C)C)c2)[c-]2cccc2C(C)(C)C)c1.[Cl-].[Cl-].[Cl-].[Ti+4]. The maximum Gasteiger partial charge on any atom is 4.00 e. The Morgan fingerprint density at radius 2 is 0.878 bits per heavy atom. The first-order valence-corrected chi connectivity index (χ1v) is 16.0. The molecule has 0 heterocycles. The van der Waals surface area contributed by atoms with Gasteiger partial charge in [-0.15, -0.1) is 5.19 Å². The summed E-state index contributed by atoms with van der Waals surface area (Å²) in [6.07, 6.45) is 0. The molecule has 0 aliphatic heterocycles. The summed E-state index contributed by atoms with van der Waals surface area (Å²) < 4.78 is 0. The van der Waals surface area contributed by atoms with E-state index < -0.39 is 8.07 Å². The van der Waals surface area contributed by atoms with Gasteiger partial charge < -0.3 is 37.2 Å². The Bertz CT molecular complexity index is 1240. The molecule has 4 aromatic rings. The van der Waals surface area contributed by atoms with E-state index in [2.05, 4.69) is 153 Å². The fraction of sp³-hybridized carbons (Fsp3) is 0.361. The van der Waals surface area contributed by atoms with Crippen molar-refractivity contribution in [1.29, 1.82) is 0 Å². The van der Waals surface area contributed by atoms with Gasteiger partial charge >= 0.3 is 21.7 Å². The minimum atomic E-state index is -2.63. The van der Waals surface area contributed by atoms with Gasteiger partial charge in [-0.3, -0.25) is 0 Å². The number of hydrogen-bond donors (Lipinski definition) is 0. The molecule has 0 saturated carbocycles. The molecule has 0 aliphatic carbocycles. The van der Waals surface area contributed by atoms with Crippen LogP contribution >= 0.6 is 0 Å². The molecule has 0 spiro atoms. The molecule has 0 saturated heterocycles. The van der Waals surface area contributed by atoms with Gasteiger partial charge in [0.05, 0.1) is 0 Å². The largest absolute Gasteiger partial charge is 4.00 e. The monoisotopic (exact) mass is 658 g/mol. The Morgan fingerprint density at radius 1 is 0.537 bits per heavy atom. The van der Waals surface area contributed by atoms with E-state index in [0.717, 1.165) is 0 Å². The second-order valence-corrected chi connectivity index (χ2v) is 16.5. The molecule has 218 valence electrons. The van der Waals surface area contributed by atoms with Gasteiger partial charge in [0.25, 0.3) is 0 Å². The Kier molecular flexibility index (Phi) is 15.6. The van der Waals surface area contributed by atoms with Crippen LogP contribution in [0.3, 0.4) is 0 Å². The first-order chi connectivity index (χ1) is 17.5. The fourth-order valence-corrected chi connectivity index (χ4v) is 11.1. The second kappa shape index (κ2) is 16.0. The van der Waals surface area contributed by atoms with Crippen molar-refractivity contribution in [2.45, 2.75) is 85.5 Å². The molecule has 0 nitrogen and oxygen atoms in total. The molecule has 0 unspecified atom stereocenters. The second-order valence-electron chi connectivity index (χ2n) is 12.7. The van der Waals surface area contributed by atoms with Gasteiger partial charge in [0.1, 0.15) is 8.07 Å². The molecule has 0 N–H and O–H groups in total. The van der Waals surface area contributed by atoms with E-state index in [0.29, 0.717) is 17.8 Å². The fourth-order valence-electron chi connectivity index (χ4n) is 5.76. The third kappa shape index (κ3) is 8.05. The predicted octanol–water partition coefficient (Wildman–Crippen LogP) is -1.54. The summed E-state index contributed by atoms with van der Waals surface area (Å²) in [7, 11) is -2.63. The molecule has 0 atom stereocenters. The Labute approximate surface area is 284 Å². The third-order valence-corrected chi connectivity index (χ3v) is 12.8. The van der Waals surface area contributed by atoms with Crippen LogP contribution in [-0.2, 0) is 27.1 Å². The number of rotatable bonds is 7. The molecular formula is C36H45Cl3SiTi. The molecule has 0 fully saturated rings. The molecular weight excluding hydrogens is 615 g/mol. The van der Waals surface area contributed by atoms with E-state index >= 15 is 0 Å². The van der Waals surface area contributed by atoms with Crippen LogP contribution in [0.25, 0.3) is 0 Å². The Balaban J connectivity index is 0.00000400. The zero-order chi connectivity index (χ0) is 27.0. The summed E-state index contributed by atoms with van der Waals surface area (Å²) in [6, 6.07) is 35.8. The Morgan fingerprint density at radius 3 is 1.17 bits per heavy atom. The number of halogens is 3. The molecule has 5 heteroatoms. The van der Waals surface area contributed by atoms with Gasteiger partial charge in [-0.25, -0.2) is 12.1 Å². The summed E-state index contributed by atoms with van der Waals surface area (Å²) >= 11 is 0. The minimum absolute atomic E-state index is 0. The average Bonchev–Trinajstić information content (AvgIpc) is 3.36. The van der Waals surface area contributed by atoms with Gasteiger partial charge in [0.2, 0.25) is 0 Å². The molecule has 0 bridgehead atoms. The summed E-state index contributed by atoms with van der Waals surface area (Å²) in [4.78, 5) is 0. The zero-order valence-corrected chi connectivity index (χ0v) is 30.9. The molecule has 0 aliphatic rings. The van der Waals surface area contributed by atoms with E-state index in [-0.39, 0.29) is 64.4 Å². The van der Waals surface area contributed by atoms with Crippen LogP contribution in [0.1, 0.15) is 102 Å². The van der Waals surface area contributed by atoms with Crippen LogP contribution in [0.5, 0.6) is 0 Å². The van der Waals surface area contributed by atoms with Crippen molar-refractivity contribution in [1.82, 2.24) is 0 Å². The molecule has 0 aromatic heterocycles. The molecule has 41 heavy (non-hydrogen) atoms. The third-order valence-electron chi connectivity index (χ3n) is 7.99. The number of benzene rings is 3. The van der Waals surface area contributed by atoms with E-state index in [9.17, 15) is 0 Å². The normalized spacial score (nSPS) is 11.4. The van der Waals surface area contributed by atoms with E-state index in [1.165, 1.54) is 43.0 Å². The van der Waals surface area contributed by atoms with E-state index in [4.69, 9.17) is 0 Å². The van der Waals surface area contributed by atoms with E-state index in [1.54, 1.807) is 0 Å². The maximum atomic E-state index is 2.53. The maximum absolute atomic E-state index is 2.63. The first kappa shape index (κ1) is 39.8. The van der Waals surface area contributed by atoms with Crippen LogP contribution in [0, 0.1) is 0 Å². The molecule has 0 radical (unpaired) electrons. The van der Waals surface area contributed by atoms with Crippen LogP contribution in [0.4, 0.5) is 0 Å². The van der Waals surface area contributed by atoms with Crippen molar-refractivity contribution < 1.29 is 58.9 Å². The average molecular weight is 660 g/mol. The van der Waals surface area contributed by atoms with Gasteiger partial charge in [-0.1, -0.05) is 151 Å². The van der Waals surface area contributed by atoms with Gasteiger partial charge in [0, 0.05) is 0 Å². The van der Waals surface area contributed by atoms with Gasteiger partial charge in [0.15, 0.2) is 0 Å². The smallest absolute Gasteiger partial charge is 1.00 e. The summed E-state index contributed by atoms with van der Waals surface area (Å²) in [5.41, 5.74) is 5.77. The molecule has 0 amide bonds. The summed E-state index contributed by atoms with van der Waals surface area (Å²) in [6.45, 7) is 21.0. The standard InChI is InChI=1S/C36H45Si.3ClH.Ti/c1-25(2)28-14-10-17-31(22-28)37(32-18-11-15-29(23-32)26(3)4,33-19-12-16-30(24-33)27(5)6)35-21-13-20-34(35)36(7,8)9;;;;/h10-27H,1-9H3;3*1H;/q-1;;;;+4/p-3. The van der Waals surface area contributed by atoms with Crippen molar-refractivity contribution in [3.05, 3.63) is 113 Å². The topological polar surface area (TPSA) is 0 Å². The van der Waals surface area contributed by atoms with Crippen molar-refractivity contribution in [2.24, 2.45) is 0 Å². The van der Waals surface area contributed by atoms with Crippen molar-refractivity contribution in [3.63, 3.8) is 0 Å². The number of hydrogen-bond acceptors (Lipinski definition) is 0. The van der Waals surface area contributed by atoms with Gasteiger partial charge in [-0.2, -0.15) is 11.6 Å². The van der Waals surface area contributed by atoms with Crippen molar-refractivity contribution in [2.75, 3.05) is 0 Å². The molecule has 4 rings (SSSR count). The molecule has 4 aromatic carbocycles. The summed E-state index contributed by atoms with van der Waals surface area (Å²) in [5, 5.41) is 5.98. The van der Waals surface area contributed by atoms with Crippen LogP contribution in [0.15, 0.2) is 91.0 Å². The van der Waals surface area contributed by atoms with Crippen LogP contribution in [0.2, 0.25) is 0 Å². The minimum Gasteiger partial charge on any atom is -1.00 e. The first-order valence-electron chi connectivity index (χ1n) is 14.0. The quantitative estimate of drug-likeness (QED) is 0.128. The van der Waals surface area contributed by atoms with Crippen LogP contribution in [-0.4, -0.2) is 8.07 Å². The Hall–Kier alpha value is -1.19. The zero-order valence-electron chi connectivity index (χ0n) is 26.0. The van der Waals surface area contributed by atoms with Crippen molar-refractivity contribution >= 4 is 28.8 Å². The predicted molar refractivity (Wildman–Crippen MR) is 167 cm³/mol. The summed E-state index contributed by atoms with van der Waals surface area (Å²) in [5.74, 6) is 1.45.